The Labute approximate surface area is 308 Å². The van der Waals surface area contributed by atoms with Crippen LogP contribution in [0, 0.1) is 0 Å². The fourth-order valence-corrected chi connectivity index (χ4v) is 6.12. The van der Waals surface area contributed by atoms with Crippen LogP contribution in [-0.2, 0) is 39.6 Å². The van der Waals surface area contributed by atoms with Gasteiger partial charge in [-0.1, -0.05) is 6.07 Å². The van der Waals surface area contributed by atoms with Gasteiger partial charge in [-0.25, -0.2) is 4.79 Å². The smallest absolute Gasteiger partial charge is 0.338 e. The predicted molar refractivity (Wildman–Crippen MR) is 175 cm³/mol. The van der Waals surface area contributed by atoms with E-state index in [4.69, 9.17) is 42.6 Å². The first-order valence-electron chi connectivity index (χ1n) is 16.8. The number of aliphatic hydroxyl groups excluding tert-OH is 6. The summed E-state index contributed by atoms with van der Waals surface area (Å²) in [7, 11) is 2.51. The van der Waals surface area contributed by atoms with Crippen molar-refractivity contribution in [3.8, 4) is 28.7 Å². The molecule has 302 valence electrons. The monoisotopic (exact) mass is 774 g/mol. The van der Waals surface area contributed by atoms with E-state index in [-0.39, 0.29) is 47.3 Å². The molecule has 3 heterocycles. The summed E-state index contributed by atoms with van der Waals surface area (Å²) in [6.45, 7) is -0.947. The highest BCUT2D eigenvalue weighted by molar-refractivity contribution is 5.91. The first-order valence-corrected chi connectivity index (χ1v) is 16.8. The van der Waals surface area contributed by atoms with Crippen LogP contribution >= 0.6 is 0 Å². The lowest BCUT2D eigenvalue weighted by Crippen LogP contribution is -2.65. The Kier molecular flexibility index (Phi) is 13.4. The molecule has 10 N–H and O–H groups in total. The zero-order valence-electron chi connectivity index (χ0n) is 29.4. The lowest BCUT2D eigenvalue weighted by molar-refractivity contribution is -0.371. The van der Waals surface area contributed by atoms with Gasteiger partial charge in [0.05, 0.1) is 45.7 Å². The molecular formula is C34H46O20. The highest BCUT2D eigenvalue weighted by Crippen LogP contribution is 2.38. The standard InChI is InChI=1S/C34H46O20/c1-14-22(38)24(40)25(41)31(51-14)53-27-21(11-35)52-32(48-7-6-15-4-5-17(36)18(37)8-15)28(26(27)42)54-33-29(43)34(45,13-50-33)12-49-30(44)16-9-19(46-2)23(39)20(10-16)47-3/h4-5,8-10,14,21-22,24-29,31-33,35-43,45H,6-7,11-13H2,1-3H3/t14-,21+,22-,24+,25+,26-,27+,28+,29-,31-,32+,33-,34+/m0/s1. The normalized spacial score (nSPS) is 35.4. The van der Waals surface area contributed by atoms with E-state index >= 15 is 0 Å². The van der Waals surface area contributed by atoms with Crippen LogP contribution in [-0.4, -0.2) is 177 Å². The van der Waals surface area contributed by atoms with E-state index in [1.807, 2.05) is 0 Å². The van der Waals surface area contributed by atoms with Crippen molar-refractivity contribution in [2.24, 2.45) is 0 Å². The molecule has 3 aliphatic heterocycles. The van der Waals surface area contributed by atoms with Crippen LogP contribution in [0.2, 0.25) is 0 Å². The second-order valence-electron chi connectivity index (χ2n) is 13.1. The van der Waals surface area contributed by atoms with Crippen molar-refractivity contribution in [3.05, 3.63) is 41.5 Å². The lowest BCUT2D eigenvalue weighted by Gasteiger charge is -2.47. The molecule has 3 fully saturated rings. The molecule has 0 aliphatic carbocycles. The van der Waals surface area contributed by atoms with Gasteiger partial charge in [0.25, 0.3) is 0 Å². The largest absolute Gasteiger partial charge is 0.504 e. The van der Waals surface area contributed by atoms with Crippen LogP contribution in [0.1, 0.15) is 22.8 Å². The minimum absolute atomic E-state index is 0.0949. The molecule has 20 nitrogen and oxygen atoms in total. The number of hydrogen-bond donors (Lipinski definition) is 10. The minimum Gasteiger partial charge on any atom is -0.504 e. The lowest BCUT2D eigenvalue weighted by atomic mass is 9.96. The summed E-state index contributed by atoms with van der Waals surface area (Å²) in [6, 6.07) is 6.44. The van der Waals surface area contributed by atoms with Gasteiger partial charge in [0.15, 0.2) is 47.5 Å². The molecule has 0 aromatic heterocycles. The summed E-state index contributed by atoms with van der Waals surface area (Å²) < 4.78 is 49.9. The Hall–Kier alpha value is -3.61. The molecule has 2 aromatic rings. The molecule has 3 saturated heterocycles. The van der Waals surface area contributed by atoms with E-state index < -0.39 is 105 Å². The van der Waals surface area contributed by atoms with Gasteiger partial charge in [0, 0.05) is 0 Å². The summed E-state index contributed by atoms with van der Waals surface area (Å²) in [5, 5.41) is 105. The summed E-state index contributed by atoms with van der Waals surface area (Å²) in [6.07, 6.45) is -18.9. The maximum Gasteiger partial charge on any atom is 0.338 e. The highest BCUT2D eigenvalue weighted by atomic mass is 16.8. The minimum atomic E-state index is -2.25. The number of aliphatic hydroxyl groups is 7. The summed E-state index contributed by atoms with van der Waals surface area (Å²) in [5.74, 6) is -2.25. The summed E-state index contributed by atoms with van der Waals surface area (Å²) in [4.78, 5) is 12.9. The number of benzene rings is 2. The number of aromatic hydroxyl groups is 3. The number of methoxy groups -OCH3 is 2. The molecule has 0 radical (unpaired) electrons. The van der Waals surface area contributed by atoms with Gasteiger partial charge in [-0.05, 0) is 43.2 Å². The van der Waals surface area contributed by atoms with Crippen molar-refractivity contribution in [2.75, 3.05) is 40.6 Å². The fraction of sp³-hybridized carbons (Fsp3) is 0.618. The van der Waals surface area contributed by atoms with Gasteiger partial charge in [-0.15, -0.1) is 0 Å². The van der Waals surface area contributed by atoms with Crippen molar-refractivity contribution in [2.45, 2.75) is 92.8 Å². The molecule has 54 heavy (non-hydrogen) atoms. The average molecular weight is 775 g/mol. The van der Waals surface area contributed by atoms with Crippen molar-refractivity contribution in [3.63, 3.8) is 0 Å². The van der Waals surface area contributed by atoms with Crippen molar-refractivity contribution < 1.29 is 98.5 Å². The third kappa shape index (κ3) is 8.76. The zero-order valence-corrected chi connectivity index (χ0v) is 29.4. The second-order valence-corrected chi connectivity index (χ2v) is 13.1. The number of rotatable bonds is 14. The molecule has 13 atom stereocenters. The quantitative estimate of drug-likeness (QED) is 0.0693. The van der Waals surface area contributed by atoms with Gasteiger partial charge in [0.2, 0.25) is 5.75 Å². The first-order chi connectivity index (χ1) is 25.6. The summed E-state index contributed by atoms with van der Waals surface area (Å²) in [5.41, 5.74) is -1.83. The molecular weight excluding hydrogens is 728 g/mol. The van der Waals surface area contributed by atoms with Crippen LogP contribution in [0.5, 0.6) is 28.7 Å². The summed E-state index contributed by atoms with van der Waals surface area (Å²) >= 11 is 0. The number of ether oxygens (including phenoxy) is 9. The molecule has 0 unspecified atom stereocenters. The van der Waals surface area contributed by atoms with Crippen LogP contribution in [0.4, 0.5) is 0 Å². The fourth-order valence-electron chi connectivity index (χ4n) is 6.12. The van der Waals surface area contributed by atoms with Gasteiger partial charge < -0.3 is 93.7 Å². The van der Waals surface area contributed by atoms with E-state index in [0.29, 0.717) is 5.56 Å². The topological polar surface area (TPSA) is 302 Å². The maximum absolute atomic E-state index is 12.9. The van der Waals surface area contributed by atoms with Crippen LogP contribution in [0.3, 0.4) is 0 Å². The number of carbonyl (C=O) groups is 1. The molecule has 3 aliphatic rings. The number of esters is 1. The molecule has 5 rings (SSSR count). The Morgan fingerprint density at radius 2 is 1.50 bits per heavy atom. The Morgan fingerprint density at radius 1 is 0.833 bits per heavy atom. The third-order valence-corrected chi connectivity index (χ3v) is 9.37. The Morgan fingerprint density at radius 3 is 2.13 bits per heavy atom. The van der Waals surface area contributed by atoms with Crippen LogP contribution in [0.15, 0.2) is 30.3 Å². The van der Waals surface area contributed by atoms with E-state index in [9.17, 15) is 55.9 Å². The Balaban J connectivity index is 1.31. The molecule has 20 heteroatoms. The molecule has 0 saturated carbocycles. The molecule has 0 amide bonds. The van der Waals surface area contributed by atoms with E-state index in [1.54, 1.807) is 0 Å². The van der Waals surface area contributed by atoms with E-state index in [2.05, 4.69) is 0 Å². The van der Waals surface area contributed by atoms with Crippen molar-refractivity contribution in [1.82, 2.24) is 0 Å². The maximum atomic E-state index is 12.9. The van der Waals surface area contributed by atoms with Crippen LogP contribution < -0.4 is 9.47 Å². The van der Waals surface area contributed by atoms with Crippen molar-refractivity contribution in [1.29, 1.82) is 0 Å². The number of phenols is 3. The average Bonchev–Trinajstić information content (AvgIpc) is 3.44. The SMILES string of the molecule is COc1cc(C(=O)OC[C@@]2(O)CO[C@@H](O[C@H]3[C@H](OCCc4ccc(O)c(O)c4)O[C@H](CO)[C@@H](O[C@@H]4O[C@@H](C)[C@H](O)[C@@H](O)[C@H]4O)[C@@H]3O)[C@@H]2O)cc(OC)c1O. The van der Waals surface area contributed by atoms with Gasteiger partial charge in [0.1, 0.15) is 55.4 Å². The predicted octanol–water partition coefficient (Wildman–Crippen LogP) is -2.64. The zero-order chi connectivity index (χ0) is 39.5. The third-order valence-electron chi connectivity index (χ3n) is 9.37. The Bertz CT molecular complexity index is 1550. The van der Waals surface area contributed by atoms with Crippen LogP contribution in [0.25, 0.3) is 0 Å². The van der Waals surface area contributed by atoms with Gasteiger partial charge in [-0.2, -0.15) is 0 Å². The van der Waals surface area contributed by atoms with E-state index in [1.165, 1.54) is 51.5 Å². The molecule has 0 spiro atoms. The molecule has 2 aromatic carbocycles. The van der Waals surface area contributed by atoms with Crippen molar-refractivity contribution >= 4 is 5.97 Å². The highest BCUT2D eigenvalue weighted by Gasteiger charge is 2.55. The number of phenolic OH excluding ortho intramolecular Hbond substituents is 3. The second kappa shape index (κ2) is 17.5. The first kappa shape index (κ1) is 41.6. The van der Waals surface area contributed by atoms with Gasteiger partial charge >= 0.3 is 5.97 Å². The number of carbonyl (C=O) groups excluding carboxylic acids is 1. The van der Waals surface area contributed by atoms with E-state index in [0.717, 1.165) is 0 Å². The van der Waals surface area contributed by atoms with Gasteiger partial charge in [-0.3, -0.25) is 0 Å². The molecule has 0 bridgehead atoms. The number of hydrogen-bond acceptors (Lipinski definition) is 20.